The number of benzene rings is 1. The predicted molar refractivity (Wildman–Crippen MR) is 116 cm³/mol. The number of piperidine rings is 1. The van der Waals surface area contributed by atoms with Gasteiger partial charge in [0.25, 0.3) is 5.91 Å². The standard InChI is InChI=1S/C24H29N3O2/c1-4-18-11-12-19(29-23-16(2)22(25-3)13-14-26-23)15-27(18)24(28)21-8-6-5-7-20(21)17-9-10-17/h4-8,13-14,17-19H,1,9-12,15H2,2-3H3,(H,25,26)/t18-,19-/m1/s1. The molecule has 2 aliphatic rings. The molecule has 2 atom stereocenters. The van der Waals surface area contributed by atoms with Crippen LogP contribution in [-0.2, 0) is 0 Å². The number of aromatic nitrogens is 1. The van der Waals surface area contributed by atoms with Crippen molar-refractivity contribution in [3.63, 3.8) is 0 Å². The summed E-state index contributed by atoms with van der Waals surface area (Å²) in [6.45, 7) is 6.51. The molecule has 2 fully saturated rings. The molecule has 1 aromatic carbocycles. The zero-order valence-electron chi connectivity index (χ0n) is 17.2. The van der Waals surface area contributed by atoms with Crippen molar-refractivity contribution >= 4 is 11.6 Å². The van der Waals surface area contributed by atoms with Crippen LogP contribution in [0.25, 0.3) is 0 Å². The van der Waals surface area contributed by atoms with Crippen molar-refractivity contribution in [3.05, 3.63) is 65.9 Å². The van der Waals surface area contributed by atoms with Crippen molar-refractivity contribution in [3.8, 4) is 5.88 Å². The smallest absolute Gasteiger partial charge is 0.254 e. The molecule has 0 unspecified atom stereocenters. The lowest BCUT2D eigenvalue weighted by molar-refractivity contribution is 0.0418. The van der Waals surface area contributed by atoms with Crippen LogP contribution in [0.1, 0.15) is 53.1 Å². The highest BCUT2D eigenvalue weighted by Gasteiger charge is 2.35. The lowest BCUT2D eigenvalue weighted by Gasteiger charge is -2.38. The molecule has 1 aromatic heterocycles. The first-order valence-corrected chi connectivity index (χ1v) is 10.4. The van der Waals surface area contributed by atoms with Crippen LogP contribution in [0.4, 0.5) is 5.69 Å². The maximum absolute atomic E-state index is 13.5. The number of ether oxygens (including phenoxy) is 1. The Hall–Kier alpha value is -2.82. The van der Waals surface area contributed by atoms with Gasteiger partial charge < -0.3 is 15.0 Å². The van der Waals surface area contributed by atoms with Gasteiger partial charge in [0.05, 0.1) is 12.6 Å². The van der Waals surface area contributed by atoms with Gasteiger partial charge >= 0.3 is 0 Å². The largest absolute Gasteiger partial charge is 0.472 e. The number of amides is 1. The van der Waals surface area contributed by atoms with Crippen molar-refractivity contribution < 1.29 is 9.53 Å². The van der Waals surface area contributed by atoms with E-state index in [1.165, 1.54) is 18.4 Å². The summed E-state index contributed by atoms with van der Waals surface area (Å²) in [5.41, 5.74) is 4.00. The molecule has 1 aliphatic heterocycles. The summed E-state index contributed by atoms with van der Waals surface area (Å²) < 4.78 is 6.25. The first-order valence-electron chi connectivity index (χ1n) is 10.4. The summed E-state index contributed by atoms with van der Waals surface area (Å²) in [6, 6.07) is 10.0. The molecule has 1 amide bonds. The fourth-order valence-corrected chi connectivity index (χ4v) is 4.19. The maximum atomic E-state index is 13.5. The molecule has 152 valence electrons. The van der Waals surface area contributed by atoms with Crippen LogP contribution in [0.5, 0.6) is 5.88 Å². The van der Waals surface area contributed by atoms with Gasteiger partial charge in [0.2, 0.25) is 5.88 Å². The maximum Gasteiger partial charge on any atom is 0.254 e. The van der Waals surface area contributed by atoms with Gasteiger partial charge in [-0.3, -0.25) is 4.79 Å². The minimum atomic E-state index is -0.0819. The molecule has 5 nitrogen and oxygen atoms in total. The zero-order valence-corrected chi connectivity index (χ0v) is 17.2. The number of carbonyl (C=O) groups excluding carboxylic acids is 1. The van der Waals surface area contributed by atoms with Crippen molar-refractivity contribution in [2.45, 2.75) is 50.7 Å². The van der Waals surface area contributed by atoms with Gasteiger partial charge in [-0.15, -0.1) is 6.58 Å². The second-order valence-electron chi connectivity index (χ2n) is 7.98. The van der Waals surface area contributed by atoms with Gasteiger partial charge in [-0.2, -0.15) is 0 Å². The number of anilines is 1. The summed E-state index contributed by atoms with van der Waals surface area (Å²) >= 11 is 0. The number of rotatable bonds is 6. The third kappa shape index (κ3) is 4.00. The van der Waals surface area contributed by atoms with E-state index in [0.29, 0.717) is 18.3 Å². The monoisotopic (exact) mass is 391 g/mol. The van der Waals surface area contributed by atoms with Gasteiger partial charge in [-0.1, -0.05) is 24.3 Å². The van der Waals surface area contributed by atoms with Gasteiger partial charge in [0.1, 0.15) is 6.10 Å². The summed E-state index contributed by atoms with van der Waals surface area (Å²) in [7, 11) is 1.89. The van der Waals surface area contributed by atoms with E-state index in [0.717, 1.165) is 29.7 Å². The van der Waals surface area contributed by atoms with Crippen LogP contribution in [0, 0.1) is 6.92 Å². The molecule has 1 N–H and O–H groups in total. The van der Waals surface area contributed by atoms with E-state index in [4.69, 9.17) is 4.74 Å². The van der Waals surface area contributed by atoms with Crippen LogP contribution >= 0.6 is 0 Å². The summed E-state index contributed by atoms with van der Waals surface area (Å²) in [6.07, 6.45) is 7.62. The first-order chi connectivity index (χ1) is 14.1. The minimum absolute atomic E-state index is 0.0345. The number of likely N-dealkylation sites (tertiary alicyclic amines) is 1. The molecule has 1 saturated heterocycles. The van der Waals surface area contributed by atoms with Crippen molar-refractivity contribution in [1.29, 1.82) is 0 Å². The second kappa shape index (κ2) is 8.27. The predicted octanol–water partition coefficient (Wildman–Crippen LogP) is 4.55. The highest BCUT2D eigenvalue weighted by molar-refractivity contribution is 5.96. The first kappa shape index (κ1) is 19.5. The minimum Gasteiger partial charge on any atom is -0.472 e. The molecule has 29 heavy (non-hydrogen) atoms. The number of carbonyl (C=O) groups is 1. The fraction of sp³-hybridized carbons (Fsp3) is 0.417. The number of hydrogen-bond donors (Lipinski definition) is 1. The average Bonchev–Trinajstić information content (AvgIpc) is 3.60. The van der Waals surface area contributed by atoms with E-state index in [1.807, 2.05) is 49.2 Å². The van der Waals surface area contributed by atoms with Crippen LogP contribution in [0.15, 0.2) is 49.2 Å². The van der Waals surface area contributed by atoms with E-state index >= 15 is 0 Å². The van der Waals surface area contributed by atoms with Gasteiger partial charge in [0.15, 0.2) is 0 Å². The molecule has 2 aromatic rings. The Labute approximate surface area is 172 Å². The van der Waals surface area contributed by atoms with Crippen LogP contribution < -0.4 is 10.1 Å². The molecule has 5 heteroatoms. The van der Waals surface area contributed by atoms with E-state index in [-0.39, 0.29) is 18.1 Å². The van der Waals surface area contributed by atoms with Crippen molar-refractivity contribution in [2.75, 3.05) is 18.9 Å². The van der Waals surface area contributed by atoms with Gasteiger partial charge in [0, 0.05) is 30.1 Å². The zero-order chi connectivity index (χ0) is 20.4. The van der Waals surface area contributed by atoms with E-state index in [2.05, 4.69) is 22.9 Å². The molecule has 1 aliphatic carbocycles. The molecule has 0 radical (unpaired) electrons. The second-order valence-corrected chi connectivity index (χ2v) is 7.98. The number of nitrogens with one attached hydrogen (secondary N) is 1. The van der Waals surface area contributed by atoms with E-state index in [1.54, 1.807) is 6.20 Å². The summed E-state index contributed by atoms with van der Waals surface area (Å²) in [5, 5.41) is 3.16. The molecular formula is C24H29N3O2. The Morgan fingerprint density at radius 3 is 2.76 bits per heavy atom. The summed E-state index contributed by atoms with van der Waals surface area (Å²) in [4.78, 5) is 19.8. The van der Waals surface area contributed by atoms with Crippen LogP contribution in [0.3, 0.4) is 0 Å². The molecule has 0 bridgehead atoms. The van der Waals surface area contributed by atoms with Gasteiger partial charge in [-0.25, -0.2) is 4.98 Å². The normalized spacial score (nSPS) is 21.5. The Morgan fingerprint density at radius 1 is 1.24 bits per heavy atom. The van der Waals surface area contributed by atoms with Gasteiger partial charge in [-0.05, 0) is 56.2 Å². The third-order valence-electron chi connectivity index (χ3n) is 6.03. The number of nitrogens with zero attached hydrogens (tertiary/aromatic N) is 2. The molecule has 4 rings (SSSR count). The molecule has 0 spiro atoms. The molecular weight excluding hydrogens is 362 g/mol. The topological polar surface area (TPSA) is 54.5 Å². The molecule has 2 heterocycles. The number of hydrogen-bond acceptors (Lipinski definition) is 4. The Balaban J connectivity index is 1.55. The van der Waals surface area contributed by atoms with Crippen LogP contribution in [0.2, 0.25) is 0 Å². The Bertz CT molecular complexity index is 907. The van der Waals surface area contributed by atoms with Crippen molar-refractivity contribution in [1.82, 2.24) is 9.88 Å². The number of pyridine rings is 1. The van der Waals surface area contributed by atoms with E-state index in [9.17, 15) is 4.79 Å². The van der Waals surface area contributed by atoms with Crippen molar-refractivity contribution in [2.24, 2.45) is 0 Å². The van der Waals surface area contributed by atoms with E-state index < -0.39 is 0 Å². The van der Waals surface area contributed by atoms with Crippen LogP contribution in [-0.4, -0.2) is 41.5 Å². The SMILES string of the molecule is C=C[C@@H]1CC[C@@H](Oc2nccc(NC)c2C)CN1C(=O)c1ccccc1C1CC1. The highest BCUT2D eigenvalue weighted by atomic mass is 16.5. The average molecular weight is 392 g/mol. The molecule has 1 saturated carbocycles. The Kier molecular flexibility index (Phi) is 5.56. The highest BCUT2D eigenvalue weighted by Crippen LogP contribution is 2.42. The lowest BCUT2D eigenvalue weighted by Crippen LogP contribution is -2.49. The summed E-state index contributed by atoms with van der Waals surface area (Å²) in [5.74, 6) is 1.24. The lowest BCUT2D eigenvalue weighted by atomic mass is 9.96. The Morgan fingerprint density at radius 2 is 2.03 bits per heavy atom. The quantitative estimate of drug-likeness (QED) is 0.734. The fourth-order valence-electron chi connectivity index (χ4n) is 4.19. The third-order valence-corrected chi connectivity index (χ3v) is 6.03.